The zero-order chi connectivity index (χ0) is 20.4. The van der Waals surface area contributed by atoms with E-state index in [1.54, 1.807) is 41.3 Å². The van der Waals surface area contributed by atoms with Crippen molar-refractivity contribution in [2.45, 2.75) is 12.8 Å². The van der Waals surface area contributed by atoms with E-state index in [4.69, 9.17) is 0 Å². The van der Waals surface area contributed by atoms with Crippen LogP contribution in [0.5, 0.6) is 0 Å². The topological polar surface area (TPSA) is 97.2 Å². The number of imide groups is 1. The third-order valence-corrected chi connectivity index (χ3v) is 5.06. The van der Waals surface area contributed by atoms with Crippen molar-refractivity contribution in [3.05, 3.63) is 70.5 Å². The number of carbonyl (C=O) groups excluding carboxylic acids is 3. The summed E-state index contributed by atoms with van der Waals surface area (Å²) in [5, 5.41) is 10.6. The summed E-state index contributed by atoms with van der Waals surface area (Å²) >= 11 is 3.31. The first-order chi connectivity index (χ1) is 14.0. The predicted molar refractivity (Wildman–Crippen MR) is 109 cm³/mol. The van der Waals surface area contributed by atoms with Crippen LogP contribution in [0.25, 0.3) is 5.69 Å². The van der Waals surface area contributed by atoms with Gasteiger partial charge in [0.1, 0.15) is 0 Å². The van der Waals surface area contributed by atoms with Crippen LogP contribution in [0, 0.1) is 0 Å². The van der Waals surface area contributed by atoms with Crippen molar-refractivity contribution in [3.8, 4) is 5.69 Å². The van der Waals surface area contributed by atoms with Crippen molar-refractivity contribution >= 4 is 39.3 Å². The number of para-hydroxylation sites is 2. The molecule has 0 spiro atoms. The Balaban J connectivity index is 1.36. The first-order valence-electron chi connectivity index (χ1n) is 8.96. The van der Waals surface area contributed by atoms with Gasteiger partial charge in [0.15, 0.2) is 0 Å². The molecule has 0 radical (unpaired) electrons. The minimum atomic E-state index is -0.330. The lowest BCUT2D eigenvalue weighted by atomic mass is 10.1. The molecular formula is C20H16BrN5O3. The average molecular weight is 454 g/mol. The minimum absolute atomic E-state index is 0.169. The van der Waals surface area contributed by atoms with Gasteiger partial charge in [0, 0.05) is 17.4 Å². The maximum atomic E-state index is 12.5. The molecule has 4 rings (SSSR count). The van der Waals surface area contributed by atoms with Gasteiger partial charge in [0.2, 0.25) is 5.91 Å². The highest BCUT2D eigenvalue weighted by Crippen LogP contribution is 2.26. The SMILES string of the molecule is O=C(CCCN1C(=O)c2ccc(Br)cc2C1=O)Nc1ccccc1-n1ccnn1. The normalized spacial score (nSPS) is 12.9. The smallest absolute Gasteiger partial charge is 0.261 e. The zero-order valence-corrected chi connectivity index (χ0v) is 16.8. The number of hydrogen-bond acceptors (Lipinski definition) is 5. The van der Waals surface area contributed by atoms with Crippen molar-refractivity contribution < 1.29 is 14.4 Å². The van der Waals surface area contributed by atoms with E-state index in [0.29, 0.717) is 28.9 Å². The highest BCUT2D eigenvalue weighted by molar-refractivity contribution is 9.10. The number of nitrogens with zero attached hydrogens (tertiary/aromatic N) is 4. The van der Waals surface area contributed by atoms with E-state index in [9.17, 15) is 14.4 Å². The Bertz CT molecular complexity index is 1100. The van der Waals surface area contributed by atoms with E-state index >= 15 is 0 Å². The molecule has 0 bridgehead atoms. The van der Waals surface area contributed by atoms with Crippen molar-refractivity contribution in [1.82, 2.24) is 19.9 Å². The molecule has 1 aliphatic heterocycles. The van der Waals surface area contributed by atoms with E-state index < -0.39 is 0 Å². The Morgan fingerprint density at radius 1 is 1.07 bits per heavy atom. The number of halogens is 1. The molecule has 0 saturated heterocycles. The number of hydrogen-bond donors (Lipinski definition) is 1. The number of benzene rings is 2. The van der Waals surface area contributed by atoms with Crippen LogP contribution < -0.4 is 5.32 Å². The van der Waals surface area contributed by atoms with E-state index in [2.05, 4.69) is 31.6 Å². The third kappa shape index (κ3) is 3.81. The van der Waals surface area contributed by atoms with Crippen molar-refractivity contribution in [2.75, 3.05) is 11.9 Å². The standard InChI is InChI=1S/C20H16BrN5O3/c21-13-7-8-14-15(12-13)20(29)25(19(14)28)10-3-6-18(27)23-16-4-1-2-5-17(16)26-11-9-22-24-26/h1-2,4-5,7-9,11-12H,3,6,10H2,(H,23,27). The van der Waals surface area contributed by atoms with Crippen molar-refractivity contribution in [3.63, 3.8) is 0 Å². The Morgan fingerprint density at radius 3 is 2.66 bits per heavy atom. The molecule has 0 atom stereocenters. The molecule has 29 heavy (non-hydrogen) atoms. The van der Waals surface area contributed by atoms with Gasteiger partial charge in [0.05, 0.1) is 34.9 Å². The lowest BCUT2D eigenvalue weighted by Gasteiger charge is -2.14. The van der Waals surface area contributed by atoms with Crippen LogP contribution in [0.2, 0.25) is 0 Å². The second-order valence-electron chi connectivity index (χ2n) is 6.47. The van der Waals surface area contributed by atoms with E-state index in [-0.39, 0.29) is 30.7 Å². The number of amides is 3. The molecule has 3 amide bonds. The lowest BCUT2D eigenvalue weighted by Crippen LogP contribution is -2.31. The molecule has 0 fully saturated rings. The molecular weight excluding hydrogens is 438 g/mol. The van der Waals surface area contributed by atoms with Crippen LogP contribution in [0.1, 0.15) is 33.6 Å². The summed E-state index contributed by atoms with van der Waals surface area (Å²) in [7, 11) is 0. The number of fused-ring (bicyclic) bond motifs is 1. The van der Waals surface area contributed by atoms with Crippen LogP contribution in [0.15, 0.2) is 59.3 Å². The van der Waals surface area contributed by atoms with Crippen LogP contribution in [-0.2, 0) is 4.79 Å². The quantitative estimate of drug-likeness (QED) is 0.578. The average Bonchev–Trinajstić information content (AvgIpc) is 3.32. The Labute approximate surface area is 174 Å². The summed E-state index contributed by atoms with van der Waals surface area (Å²) < 4.78 is 2.30. The van der Waals surface area contributed by atoms with Gasteiger partial charge in [-0.25, -0.2) is 4.68 Å². The fourth-order valence-corrected chi connectivity index (χ4v) is 3.55. The molecule has 0 aliphatic carbocycles. The Hall–Kier alpha value is -3.33. The molecule has 8 nitrogen and oxygen atoms in total. The molecule has 2 heterocycles. The largest absolute Gasteiger partial charge is 0.324 e. The molecule has 1 aromatic heterocycles. The summed E-state index contributed by atoms with van der Waals surface area (Å²) in [6.07, 6.45) is 3.78. The van der Waals surface area contributed by atoms with E-state index in [1.165, 1.54) is 4.90 Å². The van der Waals surface area contributed by atoms with Gasteiger partial charge < -0.3 is 5.32 Å². The second kappa shape index (κ2) is 7.96. The fourth-order valence-electron chi connectivity index (χ4n) is 3.19. The zero-order valence-electron chi connectivity index (χ0n) is 15.2. The highest BCUT2D eigenvalue weighted by Gasteiger charge is 2.35. The third-order valence-electron chi connectivity index (χ3n) is 4.57. The molecule has 9 heteroatoms. The molecule has 2 aromatic carbocycles. The van der Waals surface area contributed by atoms with Crippen LogP contribution in [0.3, 0.4) is 0 Å². The number of nitrogens with one attached hydrogen (secondary N) is 1. The Kier molecular flexibility index (Phi) is 5.22. The van der Waals surface area contributed by atoms with Crippen LogP contribution in [-0.4, -0.2) is 44.2 Å². The summed E-state index contributed by atoms with van der Waals surface area (Å²) in [6.45, 7) is 0.183. The summed E-state index contributed by atoms with van der Waals surface area (Å²) in [5.41, 5.74) is 2.08. The monoisotopic (exact) mass is 453 g/mol. The Morgan fingerprint density at radius 2 is 1.86 bits per heavy atom. The summed E-state index contributed by atoms with van der Waals surface area (Å²) in [5.74, 6) is -0.866. The number of carbonyl (C=O) groups is 3. The fraction of sp³-hybridized carbons (Fsp3) is 0.150. The minimum Gasteiger partial charge on any atom is -0.324 e. The van der Waals surface area contributed by atoms with E-state index in [0.717, 1.165) is 4.47 Å². The lowest BCUT2D eigenvalue weighted by molar-refractivity contribution is -0.116. The van der Waals surface area contributed by atoms with Gasteiger partial charge in [-0.2, -0.15) is 0 Å². The van der Waals surface area contributed by atoms with Gasteiger partial charge in [-0.1, -0.05) is 33.3 Å². The second-order valence-corrected chi connectivity index (χ2v) is 7.38. The summed E-state index contributed by atoms with van der Waals surface area (Å²) in [6, 6.07) is 12.3. The van der Waals surface area contributed by atoms with Crippen molar-refractivity contribution in [2.24, 2.45) is 0 Å². The van der Waals surface area contributed by atoms with Gasteiger partial charge >= 0.3 is 0 Å². The first-order valence-corrected chi connectivity index (χ1v) is 9.75. The maximum absolute atomic E-state index is 12.5. The number of rotatable bonds is 6. The van der Waals surface area contributed by atoms with E-state index in [1.807, 2.05) is 18.2 Å². The maximum Gasteiger partial charge on any atom is 0.261 e. The molecule has 1 N–H and O–H groups in total. The van der Waals surface area contributed by atoms with Gasteiger partial charge in [-0.3, -0.25) is 19.3 Å². The molecule has 1 aliphatic rings. The van der Waals surface area contributed by atoms with Gasteiger partial charge in [0.25, 0.3) is 11.8 Å². The first kappa shape index (κ1) is 19.0. The van der Waals surface area contributed by atoms with Crippen molar-refractivity contribution in [1.29, 1.82) is 0 Å². The molecule has 146 valence electrons. The number of anilines is 1. The predicted octanol–water partition coefficient (Wildman–Crippen LogP) is 3.04. The van der Waals surface area contributed by atoms with Gasteiger partial charge in [-0.15, -0.1) is 5.10 Å². The van der Waals surface area contributed by atoms with Gasteiger partial charge in [-0.05, 0) is 36.8 Å². The molecule has 0 unspecified atom stereocenters. The summed E-state index contributed by atoms with van der Waals surface area (Å²) in [4.78, 5) is 38.5. The molecule has 3 aromatic rings. The number of aromatic nitrogens is 3. The highest BCUT2D eigenvalue weighted by atomic mass is 79.9. The van der Waals surface area contributed by atoms with Crippen LogP contribution >= 0.6 is 15.9 Å². The molecule has 0 saturated carbocycles. The van der Waals surface area contributed by atoms with Crippen LogP contribution in [0.4, 0.5) is 5.69 Å².